The number of hydrogen-bond donors (Lipinski definition) is 0. The molecule has 0 N–H and O–H groups in total. The predicted octanol–water partition coefficient (Wildman–Crippen LogP) is 4.95. The Hall–Kier alpha value is -2.13. The fraction of sp³-hybridized carbons (Fsp3) is 0.409. The summed E-state index contributed by atoms with van der Waals surface area (Å²) in [6.45, 7) is 10.9. The smallest absolute Gasteiger partial charge is 0.0610 e. The number of hydrogen-bond acceptors (Lipinski definition) is 3. The molecule has 1 aliphatic rings. The number of nitrogens with zero attached hydrogens (tertiary/aromatic N) is 3. The Bertz CT molecular complexity index is 687. The fourth-order valence-electron chi connectivity index (χ4n) is 3.81. The van der Waals surface area contributed by atoms with E-state index in [0.717, 1.165) is 19.5 Å². The van der Waals surface area contributed by atoms with E-state index in [0.29, 0.717) is 0 Å². The van der Waals surface area contributed by atoms with E-state index in [9.17, 15) is 0 Å². The first-order chi connectivity index (χ1) is 12.1. The molecule has 3 heteroatoms. The van der Waals surface area contributed by atoms with Crippen molar-refractivity contribution >= 4 is 5.69 Å². The van der Waals surface area contributed by atoms with Crippen LogP contribution in [0.3, 0.4) is 0 Å². The Balaban J connectivity index is 1.92. The first-order valence-electron chi connectivity index (χ1n) is 9.27. The zero-order valence-corrected chi connectivity index (χ0v) is 15.5. The second-order valence-corrected chi connectivity index (χ2v) is 7.47. The zero-order chi connectivity index (χ0) is 17.7. The van der Waals surface area contributed by atoms with Crippen molar-refractivity contribution in [3.63, 3.8) is 0 Å². The van der Waals surface area contributed by atoms with Gasteiger partial charge in [-0.25, -0.2) is 5.01 Å². The summed E-state index contributed by atoms with van der Waals surface area (Å²) in [5.41, 5.74) is 3.95. The number of para-hydroxylation sites is 1. The van der Waals surface area contributed by atoms with Gasteiger partial charge in [0.05, 0.1) is 5.69 Å². The minimum atomic E-state index is 0.0228. The standard InChI is InChI=1S/C22H29N3/c1-4-25(24-16-8-5-9-17-24)21-11-7-6-10-20(21)22(2,3)18-19-12-14-23-15-13-19/h4,6-7,10-15H,1,5,8-9,16-18H2,2-3H3. The fourth-order valence-corrected chi connectivity index (χ4v) is 3.81. The third-order valence-electron chi connectivity index (χ3n) is 5.09. The summed E-state index contributed by atoms with van der Waals surface area (Å²) < 4.78 is 0. The zero-order valence-electron chi connectivity index (χ0n) is 15.5. The first-order valence-corrected chi connectivity index (χ1v) is 9.27. The van der Waals surface area contributed by atoms with Gasteiger partial charge in [-0.1, -0.05) is 45.0 Å². The van der Waals surface area contributed by atoms with E-state index >= 15 is 0 Å². The second-order valence-electron chi connectivity index (χ2n) is 7.47. The number of benzene rings is 1. The lowest BCUT2D eigenvalue weighted by atomic mass is 9.78. The van der Waals surface area contributed by atoms with E-state index in [1.807, 2.05) is 18.6 Å². The van der Waals surface area contributed by atoms with Gasteiger partial charge in [-0.15, -0.1) is 0 Å². The third-order valence-corrected chi connectivity index (χ3v) is 5.09. The lowest BCUT2D eigenvalue weighted by Gasteiger charge is -2.39. The van der Waals surface area contributed by atoms with Crippen molar-refractivity contribution in [3.05, 3.63) is 72.7 Å². The Kier molecular flexibility index (Phi) is 5.54. The largest absolute Gasteiger partial charge is 0.282 e. The number of piperidine rings is 1. The van der Waals surface area contributed by atoms with Gasteiger partial charge in [-0.2, -0.15) is 0 Å². The SMILES string of the molecule is C=CN(c1ccccc1C(C)(C)Cc1ccncc1)N1CCCCC1. The van der Waals surface area contributed by atoms with Crippen LogP contribution in [0.5, 0.6) is 0 Å². The maximum Gasteiger partial charge on any atom is 0.0610 e. The van der Waals surface area contributed by atoms with Crippen molar-refractivity contribution in [3.8, 4) is 0 Å². The molecule has 0 unspecified atom stereocenters. The van der Waals surface area contributed by atoms with Gasteiger partial charge in [0, 0.05) is 31.7 Å². The molecule has 132 valence electrons. The number of pyridine rings is 1. The quantitative estimate of drug-likeness (QED) is 0.744. The monoisotopic (exact) mass is 335 g/mol. The molecule has 25 heavy (non-hydrogen) atoms. The van der Waals surface area contributed by atoms with Crippen molar-refractivity contribution in [2.75, 3.05) is 18.1 Å². The molecule has 3 rings (SSSR count). The molecule has 0 amide bonds. The van der Waals surface area contributed by atoms with Crippen molar-refractivity contribution in [2.45, 2.75) is 44.9 Å². The lowest BCUT2D eigenvalue weighted by molar-refractivity contribution is 0.228. The van der Waals surface area contributed by atoms with Gasteiger partial charge in [0.15, 0.2) is 0 Å². The Labute approximate surface area is 152 Å². The maximum absolute atomic E-state index is 4.14. The predicted molar refractivity (Wildman–Crippen MR) is 106 cm³/mol. The Morgan fingerprint density at radius 3 is 2.44 bits per heavy atom. The van der Waals surface area contributed by atoms with Crippen LogP contribution in [0, 0.1) is 0 Å². The van der Waals surface area contributed by atoms with Crippen LogP contribution in [-0.4, -0.2) is 23.1 Å². The molecule has 0 saturated carbocycles. The van der Waals surface area contributed by atoms with Crippen molar-refractivity contribution in [1.82, 2.24) is 9.99 Å². The molecule has 1 aromatic carbocycles. The molecule has 1 saturated heterocycles. The van der Waals surface area contributed by atoms with Crippen LogP contribution in [0.1, 0.15) is 44.2 Å². The molecule has 0 radical (unpaired) electrons. The molecule has 0 bridgehead atoms. The molecule has 1 aliphatic heterocycles. The third kappa shape index (κ3) is 4.10. The summed E-state index contributed by atoms with van der Waals surface area (Å²) in [7, 11) is 0. The highest BCUT2D eigenvalue weighted by molar-refractivity contribution is 5.58. The average Bonchev–Trinajstić information content (AvgIpc) is 2.64. The van der Waals surface area contributed by atoms with Gasteiger partial charge in [0.25, 0.3) is 0 Å². The van der Waals surface area contributed by atoms with E-state index in [4.69, 9.17) is 0 Å². The molecule has 2 aromatic rings. The van der Waals surface area contributed by atoms with Gasteiger partial charge < -0.3 is 0 Å². The average molecular weight is 335 g/mol. The number of hydrazine groups is 1. The van der Waals surface area contributed by atoms with Crippen molar-refractivity contribution in [2.24, 2.45) is 0 Å². The summed E-state index contributed by atoms with van der Waals surface area (Å²) >= 11 is 0. The molecular weight excluding hydrogens is 306 g/mol. The van der Waals surface area contributed by atoms with E-state index in [1.54, 1.807) is 0 Å². The van der Waals surface area contributed by atoms with Crippen LogP contribution < -0.4 is 5.01 Å². The summed E-state index contributed by atoms with van der Waals surface area (Å²) in [6, 6.07) is 13.0. The maximum atomic E-state index is 4.14. The van der Waals surface area contributed by atoms with Crippen LogP contribution in [0.4, 0.5) is 5.69 Å². The van der Waals surface area contributed by atoms with Crippen LogP contribution in [-0.2, 0) is 11.8 Å². The molecule has 0 spiro atoms. The van der Waals surface area contributed by atoms with E-state index in [1.165, 1.54) is 36.1 Å². The molecule has 3 nitrogen and oxygen atoms in total. The Morgan fingerprint density at radius 1 is 1.08 bits per heavy atom. The molecule has 1 aromatic heterocycles. The number of rotatable bonds is 6. The minimum absolute atomic E-state index is 0.0228. The second kappa shape index (κ2) is 7.83. The highest BCUT2D eigenvalue weighted by Gasteiger charge is 2.27. The number of aromatic nitrogens is 1. The van der Waals surface area contributed by atoms with Crippen LogP contribution in [0.2, 0.25) is 0 Å². The van der Waals surface area contributed by atoms with Gasteiger partial charge in [-0.3, -0.25) is 9.99 Å². The highest BCUT2D eigenvalue weighted by Crippen LogP contribution is 2.36. The Morgan fingerprint density at radius 2 is 1.76 bits per heavy atom. The molecule has 0 aliphatic carbocycles. The first kappa shape index (κ1) is 17.7. The van der Waals surface area contributed by atoms with Gasteiger partial charge >= 0.3 is 0 Å². The molecule has 1 fully saturated rings. The van der Waals surface area contributed by atoms with Crippen molar-refractivity contribution < 1.29 is 0 Å². The highest BCUT2D eigenvalue weighted by atomic mass is 15.6. The van der Waals surface area contributed by atoms with E-state index < -0.39 is 0 Å². The topological polar surface area (TPSA) is 19.4 Å². The summed E-state index contributed by atoms with van der Waals surface area (Å²) in [6.07, 6.45) is 10.5. The van der Waals surface area contributed by atoms with Crippen LogP contribution in [0.15, 0.2) is 61.6 Å². The van der Waals surface area contributed by atoms with Gasteiger partial charge in [0.2, 0.25) is 0 Å². The normalized spacial score (nSPS) is 15.8. The molecular formula is C22H29N3. The van der Waals surface area contributed by atoms with Crippen molar-refractivity contribution in [1.29, 1.82) is 0 Å². The van der Waals surface area contributed by atoms with E-state index in [2.05, 4.69) is 71.8 Å². The van der Waals surface area contributed by atoms with Crippen LogP contribution >= 0.6 is 0 Å². The van der Waals surface area contributed by atoms with Gasteiger partial charge in [0.1, 0.15) is 0 Å². The lowest BCUT2D eigenvalue weighted by Crippen LogP contribution is -2.43. The van der Waals surface area contributed by atoms with Gasteiger partial charge in [-0.05, 0) is 54.0 Å². The molecule has 0 atom stereocenters. The summed E-state index contributed by atoms with van der Waals surface area (Å²) in [5.74, 6) is 0. The summed E-state index contributed by atoms with van der Waals surface area (Å²) in [4.78, 5) is 4.14. The minimum Gasteiger partial charge on any atom is -0.282 e. The number of anilines is 1. The van der Waals surface area contributed by atoms with Crippen LogP contribution in [0.25, 0.3) is 0 Å². The molecule has 2 heterocycles. The van der Waals surface area contributed by atoms with E-state index in [-0.39, 0.29) is 5.41 Å². The summed E-state index contributed by atoms with van der Waals surface area (Å²) in [5, 5.41) is 4.70.